The highest BCUT2D eigenvalue weighted by molar-refractivity contribution is 7.07. The van der Waals surface area contributed by atoms with E-state index in [9.17, 15) is 4.79 Å². The van der Waals surface area contributed by atoms with Gasteiger partial charge in [-0.1, -0.05) is 0 Å². The quantitative estimate of drug-likeness (QED) is 0.927. The van der Waals surface area contributed by atoms with E-state index in [4.69, 9.17) is 4.74 Å². The zero-order valence-electron chi connectivity index (χ0n) is 13.4. The zero-order chi connectivity index (χ0) is 15.5. The Bertz CT molecular complexity index is 457. The Morgan fingerprint density at radius 2 is 2.10 bits per heavy atom. The Morgan fingerprint density at radius 1 is 1.43 bits per heavy atom. The van der Waals surface area contributed by atoms with E-state index >= 15 is 0 Å². The van der Waals surface area contributed by atoms with Crippen LogP contribution in [0.5, 0.6) is 0 Å². The summed E-state index contributed by atoms with van der Waals surface area (Å²) < 4.78 is 5.43. The molecule has 1 aromatic rings. The molecule has 0 spiro atoms. The lowest BCUT2D eigenvalue weighted by Crippen LogP contribution is -2.53. The Labute approximate surface area is 131 Å². The highest BCUT2D eigenvalue weighted by Crippen LogP contribution is 2.24. The molecule has 0 bridgehead atoms. The summed E-state index contributed by atoms with van der Waals surface area (Å²) in [7, 11) is 0. The summed E-state index contributed by atoms with van der Waals surface area (Å²) in [4.78, 5) is 13.9. The van der Waals surface area contributed by atoms with E-state index in [1.165, 1.54) is 5.56 Å². The second kappa shape index (κ2) is 6.36. The van der Waals surface area contributed by atoms with Crippen molar-refractivity contribution in [2.45, 2.75) is 58.2 Å². The topological polar surface area (TPSA) is 41.6 Å². The molecule has 5 heteroatoms. The van der Waals surface area contributed by atoms with E-state index < -0.39 is 5.60 Å². The number of piperidine rings is 1. The number of hydrogen-bond donors (Lipinski definition) is 1. The number of nitrogens with one attached hydrogen (secondary N) is 1. The van der Waals surface area contributed by atoms with Crippen LogP contribution in [0.25, 0.3) is 0 Å². The van der Waals surface area contributed by atoms with Crippen molar-refractivity contribution in [3.8, 4) is 0 Å². The van der Waals surface area contributed by atoms with Crippen molar-refractivity contribution in [3.63, 3.8) is 0 Å². The van der Waals surface area contributed by atoms with Gasteiger partial charge in [-0.25, -0.2) is 4.79 Å². The molecule has 1 aromatic heterocycles. The lowest BCUT2D eigenvalue weighted by molar-refractivity contribution is 0.0157. The van der Waals surface area contributed by atoms with Gasteiger partial charge in [-0.2, -0.15) is 11.3 Å². The maximum atomic E-state index is 12.1. The molecule has 1 saturated heterocycles. The van der Waals surface area contributed by atoms with Gasteiger partial charge in [0.05, 0.1) is 0 Å². The van der Waals surface area contributed by atoms with Gasteiger partial charge in [0, 0.05) is 25.2 Å². The van der Waals surface area contributed by atoms with Crippen LogP contribution in [-0.4, -0.2) is 35.2 Å². The number of carbonyl (C=O) groups is 1. The van der Waals surface area contributed by atoms with Crippen molar-refractivity contribution in [1.29, 1.82) is 0 Å². The number of likely N-dealkylation sites (tertiary alicyclic amines) is 1. The fraction of sp³-hybridized carbons (Fsp3) is 0.688. The minimum Gasteiger partial charge on any atom is -0.444 e. The summed E-state index contributed by atoms with van der Waals surface area (Å²) in [6.45, 7) is 10.4. The smallest absolute Gasteiger partial charge is 0.410 e. The molecule has 1 aliphatic heterocycles. The fourth-order valence-corrected chi connectivity index (χ4v) is 3.06. The monoisotopic (exact) mass is 310 g/mol. The van der Waals surface area contributed by atoms with E-state index in [2.05, 4.69) is 29.1 Å². The number of nitrogens with zero attached hydrogens (tertiary/aromatic N) is 1. The van der Waals surface area contributed by atoms with Crippen molar-refractivity contribution in [3.05, 3.63) is 22.4 Å². The first-order valence-corrected chi connectivity index (χ1v) is 8.46. The van der Waals surface area contributed by atoms with Crippen LogP contribution in [0.1, 0.15) is 46.1 Å². The van der Waals surface area contributed by atoms with Crippen LogP contribution < -0.4 is 5.32 Å². The van der Waals surface area contributed by atoms with Crippen molar-refractivity contribution < 1.29 is 9.53 Å². The second-order valence-corrected chi connectivity index (χ2v) is 7.79. The standard InChI is InChI=1S/C16H26N2O2S/c1-15(2,3)20-14(19)18-8-6-16(4,7-9-18)17-11-13-5-10-21-12-13/h5,10,12,17H,6-9,11H2,1-4H3. The first kappa shape index (κ1) is 16.3. The van der Waals surface area contributed by atoms with Gasteiger partial charge < -0.3 is 15.0 Å². The lowest BCUT2D eigenvalue weighted by atomic mass is 9.89. The van der Waals surface area contributed by atoms with Crippen molar-refractivity contribution in [2.75, 3.05) is 13.1 Å². The molecule has 1 aliphatic rings. The number of rotatable bonds is 3. The molecule has 0 radical (unpaired) electrons. The maximum Gasteiger partial charge on any atom is 0.410 e. The molecule has 0 aliphatic carbocycles. The summed E-state index contributed by atoms with van der Waals surface area (Å²) in [6.07, 6.45) is 1.72. The zero-order valence-corrected chi connectivity index (χ0v) is 14.3. The van der Waals surface area contributed by atoms with Crippen LogP contribution in [-0.2, 0) is 11.3 Å². The summed E-state index contributed by atoms with van der Waals surface area (Å²) >= 11 is 1.73. The SMILES string of the molecule is CC1(NCc2ccsc2)CCN(C(=O)OC(C)(C)C)CC1. The largest absolute Gasteiger partial charge is 0.444 e. The van der Waals surface area contributed by atoms with Gasteiger partial charge in [0.2, 0.25) is 0 Å². The van der Waals surface area contributed by atoms with Crippen LogP contribution in [0.2, 0.25) is 0 Å². The average molecular weight is 310 g/mol. The van der Waals surface area contributed by atoms with E-state index in [1.54, 1.807) is 11.3 Å². The molecule has 0 unspecified atom stereocenters. The van der Waals surface area contributed by atoms with Crippen LogP contribution in [0.3, 0.4) is 0 Å². The number of ether oxygens (including phenoxy) is 1. The van der Waals surface area contributed by atoms with Gasteiger partial charge in [0.1, 0.15) is 5.60 Å². The predicted octanol–water partition coefficient (Wildman–Crippen LogP) is 3.63. The van der Waals surface area contributed by atoms with E-state index in [-0.39, 0.29) is 11.6 Å². The number of carbonyl (C=O) groups excluding carboxylic acids is 1. The lowest BCUT2D eigenvalue weighted by Gasteiger charge is -2.40. The molecule has 0 saturated carbocycles. The van der Waals surface area contributed by atoms with Gasteiger partial charge in [0.25, 0.3) is 0 Å². The summed E-state index contributed by atoms with van der Waals surface area (Å²) in [5, 5.41) is 7.91. The Kier molecular flexibility index (Phi) is 4.94. The van der Waals surface area contributed by atoms with Gasteiger partial charge in [-0.3, -0.25) is 0 Å². The van der Waals surface area contributed by atoms with Gasteiger partial charge in [-0.15, -0.1) is 0 Å². The van der Waals surface area contributed by atoms with Gasteiger partial charge in [0.15, 0.2) is 0 Å². The molecule has 2 heterocycles. The normalized spacial score (nSPS) is 18.6. The first-order chi connectivity index (χ1) is 9.77. The molecule has 4 nitrogen and oxygen atoms in total. The number of thiophene rings is 1. The third kappa shape index (κ3) is 5.00. The molecule has 1 N–H and O–H groups in total. The van der Waals surface area contributed by atoms with Crippen molar-refractivity contribution >= 4 is 17.4 Å². The summed E-state index contributed by atoms with van der Waals surface area (Å²) in [5.41, 5.74) is 1.01. The third-order valence-electron chi connectivity index (χ3n) is 3.82. The molecular weight excluding hydrogens is 284 g/mol. The molecule has 21 heavy (non-hydrogen) atoms. The minimum absolute atomic E-state index is 0.0977. The average Bonchev–Trinajstić information content (AvgIpc) is 2.88. The second-order valence-electron chi connectivity index (χ2n) is 7.01. The van der Waals surface area contributed by atoms with Crippen molar-refractivity contribution in [1.82, 2.24) is 10.2 Å². The Morgan fingerprint density at radius 3 is 2.62 bits per heavy atom. The predicted molar refractivity (Wildman–Crippen MR) is 86.6 cm³/mol. The van der Waals surface area contributed by atoms with E-state index in [0.717, 1.165) is 32.5 Å². The van der Waals surface area contributed by atoms with Crippen LogP contribution in [0.15, 0.2) is 16.8 Å². The summed E-state index contributed by atoms with van der Waals surface area (Å²) in [6, 6.07) is 2.15. The first-order valence-electron chi connectivity index (χ1n) is 7.51. The number of hydrogen-bond acceptors (Lipinski definition) is 4. The molecule has 1 amide bonds. The highest BCUT2D eigenvalue weighted by Gasteiger charge is 2.33. The molecular formula is C16H26N2O2S. The Balaban J connectivity index is 1.80. The molecule has 0 atom stereocenters. The molecule has 118 valence electrons. The van der Waals surface area contributed by atoms with Crippen LogP contribution >= 0.6 is 11.3 Å². The molecule has 2 rings (SSSR count). The minimum atomic E-state index is -0.422. The molecule has 1 fully saturated rings. The highest BCUT2D eigenvalue weighted by atomic mass is 32.1. The van der Waals surface area contributed by atoms with Gasteiger partial charge in [-0.05, 0) is 62.9 Å². The van der Waals surface area contributed by atoms with E-state index in [1.807, 2.05) is 25.7 Å². The third-order valence-corrected chi connectivity index (χ3v) is 4.55. The fourth-order valence-electron chi connectivity index (χ4n) is 2.39. The van der Waals surface area contributed by atoms with E-state index in [0.29, 0.717) is 0 Å². The van der Waals surface area contributed by atoms with Crippen LogP contribution in [0, 0.1) is 0 Å². The Hall–Kier alpha value is -1.07. The van der Waals surface area contributed by atoms with Crippen LogP contribution in [0.4, 0.5) is 4.79 Å². The molecule has 0 aromatic carbocycles. The summed E-state index contributed by atoms with van der Waals surface area (Å²) in [5.74, 6) is 0. The number of amides is 1. The van der Waals surface area contributed by atoms with Gasteiger partial charge >= 0.3 is 6.09 Å². The maximum absolute atomic E-state index is 12.1. The van der Waals surface area contributed by atoms with Crippen molar-refractivity contribution in [2.24, 2.45) is 0 Å².